The van der Waals surface area contributed by atoms with Crippen molar-refractivity contribution in [3.05, 3.63) is 21.4 Å². The molecule has 0 aromatic carbocycles. The van der Waals surface area contributed by atoms with E-state index >= 15 is 0 Å². The first-order valence-corrected chi connectivity index (χ1v) is 8.63. The highest BCUT2D eigenvalue weighted by molar-refractivity contribution is 7.12. The van der Waals surface area contributed by atoms with Gasteiger partial charge in [-0.05, 0) is 70.2 Å². The molecule has 108 valence electrons. The van der Waals surface area contributed by atoms with Crippen LogP contribution >= 0.6 is 11.3 Å². The van der Waals surface area contributed by atoms with E-state index in [4.69, 9.17) is 0 Å². The SMILES string of the molecule is CCCNCc1cc(CCCCNC2CC2)c(C)s1. The molecule has 0 unspecified atom stereocenters. The quantitative estimate of drug-likeness (QED) is 0.640. The summed E-state index contributed by atoms with van der Waals surface area (Å²) in [4.78, 5) is 3.01. The molecule has 2 nitrogen and oxygen atoms in total. The van der Waals surface area contributed by atoms with Gasteiger partial charge in [0.25, 0.3) is 0 Å². The predicted molar refractivity (Wildman–Crippen MR) is 85.0 cm³/mol. The van der Waals surface area contributed by atoms with E-state index < -0.39 is 0 Å². The fraction of sp³-hybridized carbons (Fsp3) is 0.750. The van der Waals surface area contributed by atoms with Gasteiger partial charge in [-0.3, -0.25) is 0 Å². The highest BCUT2D eigenvalue weighted by atomic mass is 32.1. The van der Waals surface area contributed by atoms with Crippen molar-refractivity contribution in [3.8, 4) is 0 Å². The third-order valence-electron chi connectivity index (χ3n) is 3.68. The summed E-state index contributed by atoms with van der Waals surface area (Å²) in [6.07, 6.45) is 7.90. The Morgan fingerprint density at radius 3 is 2.84 bits per heavy atom. The van der Waals surface area contributed by atoms with E-state index in [1.54, 1.807) is 5.56 Å². The van der Waals surface area contributed by atoms with Crippen LogP contribution < -0.4 is 10.6 Å². The normalized spacial score (nSPS) is 15.1. The number of nitrogens with one attached hydrogen (secondary N) is 2. The van der Waals surface area contributed by atoms with Gasteiger partial charge >= 0.3 is 0 Å². The predicted octanol–water partition coefficient (Wildman–Crippen LogP) is 3.63. The van der Waals surface area contributed by atoms with Gasteiger partial charge in [-0.2, -0.15) is 0 Å². The zero-order valence-electron chi connectivity index (χ0n) is 12.4. The molecule has 0 aliphatic heterocycles. The average Bonchev–Trinajstić information content (AvgIpc) is 3.14. The number of thiophene rings is 1. The van der Waals surface area contributed by atoms with Gasteiger partial charge in [-0.25, -0.2) is 0 Å². The van der Waals surface area contributed by atoms with E-state index in [1.807, 2.05) is 11.3 Å². The Morgan fingerprint density at radius 1 is 1.26 bits per heavy atom. The van der Waals surface area contributed by atoms with Crippen LogP contribution in [0.3, 0.4) is 0 Å². The van der Waals surface area contributed by atoms with Crippen LogP contribution in [0.2, 0.25) is 0 Å². The van der Waals surface area contributed by atoms with Gasteiger partial charge < -0.3 is 10.6 Å². The summed E-state index contributed by atoms with van der Waals surface area (Å²) in [5.41, 5.74) is 1.57. The summed E-state index contributed by atoms with van der Waals surface area (Å²) in [5, 5.41) is 7.08. The molecule has 1 aromatic rings. The molecule has 1 aromatic heterocycles. The molecule has 1 saturated carbocycles. The first-order chi connectivity index (χ1) is 9.29. The number of unbranched alkanes of at least 4 members (excludes halogenated alkanes) is 1. The van der Waals surface area contributed by atoms with Crippen molar-refractivity contribution in [2.45, 2.75) is 65.0 Å². The molecule has 1 aliphatic carbocycles. The summed E-state index contributed by atoms with van der Waals surface area (Å²) < 4.78 is 0. The van der Waals surface area contributed by atoms with E-state index in [9.17, 15) is 0 Å². The van der Waals surface area contributed by atoms with Crippen molar-refractivity contribution in [3.63, 3.8) is 0 Å². The minimum absolute atomic E-state index is 0.860. The van der Waals surface area contributed by atoms with Gasteiger partial charge in [0.2, 0.25) is 0 Å². The fourth-order valence-corrected chi connectivity index (χ4v) is 3.41. The fourth-order valence-electron chi connectivity index (χ4n) is 2.35. The van der Waals surface area contributed by atoms with Gasteiger partial charge in [0.1, 0.15) is 0 Å². The minimum Gasteiger partial charge on any atom is -0.314 e. The molecular weight excluding hydrogens is 252 g/mol. The van der Waals surface area contributed by atoms with Crippen molar-refractivity contribution in [1.29, 1.82) is 0 Å². The van der Waals surface area contributed by atoms with E-state index in [0.717, 1.165) is 19.1 Å². The van der Waals surface area contributed by atoms with E-state index in [-0.39, 0.29) is 0 Å². The third-order valence-corrected chi connectivity index (χ3v) is 4.77. The van der Waals surface area contributed by atoms with Crippen LogP contribution in [0.4, 0.5) is 0 Å². The Balaban J connectivity index is 1.63. The first-order valence-electron chi connectivity index (χ1n) is 7.82. The first kappa shape index (κ1) is 15.0. The molecule has 19 heavy (non-hydrogen) atoms. The van der Waals surface area contributed by atoms with Crippen molar-refractivity contribution < 1.29 is 0 Å². The molecule has 3 heteroatoms. The van der Waals surface area contributed by atoms with Crippen LogP contribution in [0.25, 0.3) is 0 Å². The van der Waals surface area contributed by atoms with E-state index in [2.05, 4.69) is 30.5 Å². The van der Waals surface area contributed by atoms with Gasteiger partial charge in [0.05, 0.1) is 0 Å². The number of rotatable bonds is 10. The smallest absolute Gasteiger partial charge is 0.0299 e. The Kier molecular flexibility index (Phi) is 6.35. The molecule has 0 amide bonds. The number of hydrogen-bond acceptors (Lipinski definition) is 3. The van der Waals surface area contributed by atoms with Crippen LogP contribution in [-0.2, 0) is 13.0 Å². The van der Waals surface area contributed by atoms with Crippen molar-refractivity contribution in [1.82, 2.24) is 10.6 Å². The van der Waals surface area contributed by atoms with Gasteiger partial charge in [-0.1, -0.05) is 6.92 Å². The van der Waals surface area contributed by atoms with Crippen LogP contribution in [-0.4, -0.2) is 19.1 Å². The highest BCUT2D eigenvalue weighted by Crippen LogP contribution is 2.23. The Labute approximate surface area is 122 Å². The summed E-state index contributed by atoms with van der Waals surface area (Å²) in [6.45, 7) is 7.86. The van der Waals surface area contributed by atoms with Gasteiger partial charge in [-0.15, -0.1) is 11.3 Å². The van der Waals surface area contributed by atoms with Crippen LogP contribution in [0.1, 0.15) is 54.3 Å². The zero-order chi connectivity index (χ0) is 13.5. The maximum atomic E-state index is 3.59. The summed E-state index contributed by atoms with van der Waals surface area (Å²) in [6, 6.07) is 3.27. The molecule has 0 saturated heterocycles. The lowest BCUT2D eigenvalue weighted by molar-refractivity contribution is 0.619. The maximum absolute atomic E-state index is 3.59. The second-order valence-corrected chi connectivity index (χ2v) is 7.00. The van der Waals surface area contributed by atoms with Crippen molar-refractivity contribution in [2.75, 3.05) is 13.1 Å². The summed E-state index contributed by atoms with van der Waals surface area (Å²) in [7, 11) is 0. The lowest BCUT2D eigenvalue weighted by Crippen LogP contribution is -2.17. The number of hydrogen-bond donors (Lipinski definition) is 2. The van der Waals surface area contributed by atoms with E-state index in [1.165, 1.54) is 54.8 Å². The molecule has 2 N–H and O–H groups in total. The van der Waals surface area contributed by atoms with Gasteiger partial charge in [0.15, 0.2) is 0 Å². The Morgan fingerprint density at radius 2 is 2.11 bits per heavy atom. The summed E-state index contributed by atoms with van der Waals surface area (Å²) >= 11 is 1.97. The standard InChI is InChI=1S/C16H28N2S/c1-3-9-17-12-16-11-14(13(2)19-16)6-4-5-10-18-15-7-8-15/h11,15,17-18H,3-10,12H2,1-2H3. The monoisotopic (exact) mass is 280 g/mol. The molecule has 2 rings (SSSR count). The summed E-state index contributed by atoms with van der Waals surface area (Å²) in [5.74, 6) is 0. The third kappa shape index (κ3) is 5.64. The Hall–Kier alpha value is -0.380. The lowest BCUT2D eigenvalue weighted by atomic mass is 10.1. The largest absolute Gasteiger partial charge is 0.314 e. The molecule has 0 spiro atoms. The minimum atomic E-state index is 0.860. The molecule has 1 aliphatic rings. The van der Waals surface area contributed by atoms with Crippen LogP contribution in [0.15, 0.2) is 6.07 Å². The molecule has 0 radical (unpaired) electrons. The molecule has 1 heterocycles. The second-order valence-electron chi connectivity index (χ2n) is 5.66. The zero-order valence-corrected chi connectivity index (χ0v) is 13.2. The molecular formula is C16H28N2S. The molecule has 0 atom stereocenters. The van der Waals surface area contributed by atoms with Crippen LogP contribution in [0, 0.1) is 6.92 Å². The molecule has 0 bridgehead atoms. The highest BCUT2D eigenvalue weighted by Gasteiger charge is 2.19. The maximum Gasteiger partial charge on any atom is 0.0299 e. The van der Waals surface area contributed by atoms with Gasteiger partial charge in [0, 0.05) is 22.3 Å². The average molecular weight is 280 g/mol. The van der Waals surface area contributed by atoms with Crippen LogP contribution in [0.5, 0.6) is 0 Å². The molecule has 1 fully saturated rings. The topological polar surface area (TPSA) is 24.1 Å². The second kappa shape index (κ2) is 8.03. The van der Waals surface area contributed by atoms with Crippen molar-refractivity contribution in [2.24, 2.45) is 0 Å². The van der Waals surface area contributed by atoms with Crippen molar-refractivity contribution >= 4 is 11.3 Å². The Bertz CT molecular complexity index is 369. The lowest BCUT2D eigenvalue weighted by Gasteiger charge is -2.02. The number of aryl methyl sites for hydroxylation is 2. The van der Waals surface area contributed by atoms with E-state index in [0.29, 0.717) is 0 Å².